The van der Waals surface area contributed by atoms with Crippen LogP contribution in [0, 0.1) is 11.3 Å². The third kappa shape index (κ3) is 3.78. The predicted molar refractivity (Wildman–Crippen MR) is 59.7 cm³/mol. The molecule has 0 spiro atoms. The first kappa shape index (κ1) is 11.8. The fourth-order valence-corrected chi connectivity index (χ4v) is 1.38. The van der Waals surface area contributed by atoms with Gasteiger partial charge in [0.2, 0.25) is 0 Å². The largest absolute Gasteiger partial charge is 0.493 e. The normalized spacial score (nSPS) is 9.67. The first-order chi connectivity index (χ1) is 7.27. The second kappa shape index (κ2) is 6.28. The summed E-state index contributed by atoms with van der Waals surface area (Å²) in [5.41, 5.74) is 6.45. The number of benzene rings is 1. The highest BCUT2D eigenvalue weighted by Crippen LogP contribution is 2.22. The molecule has 0 radical (unpaired) electrons. The molecule has 1 rings (SSSR count). The van der Waals surface area contributed by atoms with Gasteiger partial charge in [0.1, 0.15) is 5.75 Å². The van der Waals surface area contributed by atoms with Crippen LogP contribution in [-0.4, -0.2) is 6.61 Å². The van der Waals surface area contributed by atoms with Gasteiger partial charge in [0.15, 0.2) is 0 Å². The summed E-state index contributed by atoms with van der Waals surface area (Å²) in [6.07, 6.45) is 1.23. The average molecular weight is 225 g/mol. The minimum absolute atomic E-state index is 0.397. The molecule has 80 valence electrons. The minimum Gasteiger partial charge on any atom is -0.493 e. The molecule has 0 aromatic heterocycles. The molecule has 0 aliphatic heterocycles. The number of unbranched alkanes of at least 4 members (excludes halogenated alkanes) is 1. The van der Waals surface area contributed by atoms with E-state index in [-0.39, 0.29) is 0 Å². The summed E-state index contributed by atoms with van der Waals surface area (Å²) < 4.78 is 5.50. The number of hydrogen-bond donors (Lipinski definition) is 1. The predicted octanol–water partition coefficient (Wildman–Crippen LogP) is 2.48. The molecule has 4 heteroatoms. The van der Waals surface area contributed by atoms with Crippen LogP contribution in [0.15, 0.2) is 18.2 Å². The molecule has 1 aromatic carbocycles. The zero-order valence-electron chi connectivity index (χ0n) is 8.37. The lowest BCUT2D eigenvalue weighted by atomic mass is 10.2. The first-order valence-corrected chi connectivity index (χ1v) is 5.14. The molecule has 15 heavy (non-hydrogen) atoms. The maximum Gasteiger partial charge on any atom is 0.123 e. The second-order valence-electron chi connectivity index (χ2n) is 3.07. The van der Waals surface area contributed by atoms with E-state index in [2.05, 4.69) is 6.07 Å². The number of rotatable bonds is 5. The maximum atomic E-state index is 8.36. The molecule has 2 N–H and O–H groups in total. The molecule has 0 saturated carbocycles. The molecule has 1 aromatic rings. The fraction of sp³-hybridized carbons (Fsp3) is 0.364. The molecular weight excluding hydrogens is 212 g/mol. The van der Waals surface area contributed by atoms with E-state index in [1.807, 2.05) is 0 Å². The summed E-state index contributed by atoms with van der Waals surface area (Å²) in [4.78, 5) is 0. The van der Waals surface area contributed by atoms with Crippen molar-refractivity contribution in [2.75, 3.05) is 6.61 Å². The van der Waals surface area contributed by atoms with E-state index in [9.17, 15) is 0 Å². The SMILES string of the molecule is N#CCCCOc1ccc(Cl)cc1CN. The Morgan fingerprint density at radius 2 is 2.27 bits per heavy atom. The van der Waals surface area contributed by atoms with Crippen LogP contribution < -0.4 is 10.5 Å². The lowest BCUT2D eigenvalue weighted by Crippen LogP contribution is -2.03. The Kier molecular flexibility index (Phi) is 4.96. The van der Waals surface area contributed by atoms with Crippen molar-refractivity contribution in [3.8, 4) is 11.8 Å². The molecular formula is C11H13ClN2O. The van der Waals surface area contributed by atoms with Gasteiger partial charge in [-0.3, -0.25) is 0 Å². The zero-order chi connectivity index (χ0) is 11.1. The average Bonchev–Trinajstić information content (AvgIpc) is 2.26. The van der Waals surface area contributed by atoms with Crippen LogP contribution in [0.2, 0.25) is 5.02 Å². The Bertz CT molecular complexity index is 360. The molecule has 0 fully saturated rings. The molecule has 0 heterocycles. The van der Waals surface area contributed by atoms with Gasteiger partial charge in [-0.1, -0.05) is 11.6 Å². The Morgan fingerprint density at radius 3 is 2.93 bits per heavy atom. The van der Waals surface area contributed by atoms with Gasteiger partial charge in [-0.05, 0) is 24.6 Å². The van der Waals surface area contributed by atoms with E-state index >= 15 is 0 Å². The van der Waals surface area contributed by atoms with Crippen LogP contribution in [-0.2, 0) is 6.54 Å². The van der Waals surface area contributed by atoms with Gasteiger partial charge < -0.3 is 10.5 Å². The Labute approximate surface area is 94.4 Å². The molecule has 0 unspecified atom stereocenters. The van der Waals surface area contributed by atoms with Crippen LogP contribution >= 0.6 is 11.6 Å². The Balaban J connectivity index is 2.57. The highest BCUT2D eigenvalue weighted by Gasteiger charge is 2.02. The van der Waals surface area contributed by atoms with Crippen molar-refractivity contribution in [3.05, 3.63) is 28.8 Å². The van der Waals surface area contributed by atoms with E-state index < -0.39 is 0 Å². The molecule has 0 bridgehead atoms. The highest BCUT2D eigenvalue weighted by molar-refractivity contribution is 6.30. The van der Waals surface area contributed by atoms with Crippen molar-refractivity contribution < 1.29 is 4.74 Å². The molecule has 0 atom stereocenters. The van der Waals surface area contributed by atoms with E-state index in [4.69, 9.17) is 27.3 Å². The molecule has 0 aliphatic rings. The number of halogens is 1. The lowest BCUT2D eigenvalue weighted by molar-refractivity contribution is 0.309. The molecule has 3 nitrogen and oxygen atoms in total. The second-order valence-corrected chi connectivity index (χ2v) is 3.50. The summed E-state index contributed by atoms with van der Waals surface area (Å²) >= 11 is 5.83. The standard InChI is InChI=1S/C11H13ClN2O/c12-10-3-4-11(9(7-10)8-14)15-6-2-1-5-13/h3-4,7H,1-2,6,8,14H2. The van der Waals surface area contributed by atoms with Crippen molar-refractivity contribution in [3.63, 3.8) is 0 Å². The van der Waals surface area contributed by atoms with Gasteiger partial charge in [-0.2, -0.15) is 5.26 Å². The lowest BCUT2D eigenvalue weighted by Gasteiger charge is -2.09. The van der Waals surface area contributed by atoms with Crippen LogP contribution in [0.4, 0.5) is 0 Å². The number of nitrogens with zero attached hydrogens (tertiary/aromatic N) is 1. The van der Waals surface area contributed by atoms with Crippen molar-refractivity contribution in [2.24, 2.45) is 5.73 Å². The van der Waals surface area contributed by atoms with Gasteiger partial charge in [0, 0.05) is 23.6 Å². The summed E-state index contributed by atoms with van der Waals surface area (Å²) in [6.45, 7) is 0.927. The van der Waals surface area contributed by atoms with Gasteiger partial charge in [0.25, 0.3) is 0 Å². The van der Waals surface area contributed by atoms with Crippen LogP contribution in [0.1, 0.15) is 18.4 Å². The number of nitrogens with two attached hydrogens (primary N) is 1. The minimum atomic E-state index is 0.397. The van der Waals surface area contributed by atoms with Crippen LogP contribution in [0.5, 0.6) is 5.75 Å². The fourth-order valence-electron chi connectivity index (χ4n) is 1.18. The van der Waals surface area contributed by atoms with Crippen LogP contribution in [0.25, 0.3) is 0 Å². The van der Waals surface area contributed by atoms with Gasteiger partial charge in [0.05, 0.1) is 12.7 Å². The third-order valence-corrected chi connectivity index (χ3v) is 2.17. The van der Waals surface area contributed by atoms with Gasteiger partial charge in [-0.15, -0.1) is 0 Å². The van der Waals surface area contributed by atoms with Gasteiger partial charge >= 0.3 is 0 Å². The summed E-state index contributed by atoms with van der Waals surface area (Å²) in [5.74, 6) is 0.750. The molecule has 0 amide bonds. The number of nitriles is 1. The number of hydrogen-bond acceptors (Lipinski definition) is 3. The third-order valence-electron chi connectivity index (χ3n) is 1.93. The van der Waals surface area contributed by atoms with Crippen molar-refractivity contribution in [2.45, 2.75) is 19.4 Å². The van der Waals surface area contributed by atoms with E-state index in [1.165, 1.54) is 0 Å². The number of ether oxygens (including phenoxy) is 1. The van der Waals surface area contributed by atoms with Gasteiger partial charge in [-0.25, -0.2) is 0 Å². The van der Waals surface area contributed by atoms with Crippen LogP contribution in [0.3, 0.4) is 0 Å². The first-order valence-electron chi connectivity index (χ1n) is 4.76. The molecule has 0 saturated heterocycles. The maximum absolute atomic E-state index is 8.36. The monoisotopic (exact) mass is 224 g/mol. The van der Waals surface area contributed by atoms with E-state index in [0.717, 1.165) is 17.7 Å². The summed E-state index contributed by atoms with van der Waals surface area (Å²) in [7, 11) is 0. The topological polar surface area (TPSA) is 59.0 Å². The smallest absolute Gasteiger partial charge is 0.123 e. The summed E-state index contributed by atoms with van der Waals surface area (Å²) in [5, 5.41) is 9.01. The Hall–Kier alpha value is -1.24. The van der Waals surface area contributed by atoms with Crippen molar-refractivity contribution in [1.82, 2.24) is 0 Å². The highest BCUT2D eigenvalue weighted by atomic mass is 35.5. The van der Waals surface area contributed by atoms with E-state index in [0.29, 0.717) is 24.6 Å². The van der Waals surface area contributed by atoms with E-state index in [1.54, 1.807) is 18.2 Å². The van der Waals surface area contributed by atoms with Crippen molar-refractivity contribution in [1.29, 1.82) is 5.26 Å². The Morgan fingerprint density at radius 1 is 1.47 bits per heavy atom. The summed E-state index contributed by atoms with van der Waals surface area (Å²) in [6, 6.07) is 7.43. The molecule has 0 aliphatic carbocycles. The quantitative estimate of drug-likeness (QED) is 0.782. The zero-order valence-corrected chi connectivity index (χ0v) is 9.13. The van der Waals surface area contributed by atoms with Crippen molar-refractivity contribution >= 4 is 11.6 Å².